The molecule has 22 heavy (non-hydrogen) atoms. The van der Waals surface area contributed by atoms with Crippen molar-refractivity contribution in [2.45, 2.75) is 19.5 Å². The Kier molecular flexibility index (Phi) is 5.76. The molecule has 2 heterocycles. The van der Waals surface area contributed by atoms with Crippen molar-refractivity contribution in [3.8, 4) is 12.1 Å². The van der Waals surface area contributed by atoms with Crippen LogP contribution in [0, 0.1) is 27.4 Å². The van der Waals surface area contributed by atoms with Gasteiger partial charge in [-0.3, -0.25) is 9.30 Å². The molecule has 0 aliphatic rings. The minimum atomic E-state index is 0.374. The zero-order valence-corrected chi connectivity index (χ0v) is 13.9. The van der Waals surface area contributed by atoms with E-state index in [0.717, 1.165) is 0 Å². The smallest absolute Gasteiger partial charge is 0.203 e. The Morgan fingerprint density at radius 1 is 1.23 bits per heavy atom. The maximum absolute atomic E-state index is 8.72. The Morgan fingerprint density at radius 3 is 2.45 bits per heavy atom. The van der Waals surface area contributed by atoms with Crippen LogP contribution < -0.4 is 0 Å². The molecule has 2 aromatic rings. The molecule has 2 aromatic heterocycles. The highest BCUT2D eigenvalue weighted by atomic mass is 35.5. The average Bonchev–Trinajstić information content (AvgIpc) is 2.79. The van der Waals surface area contributed by atoms with Gasteiger partial charge in [-0.2, -0.15) is 10.5 Å². The fourth-order valence-electron chi connectivity index (χ4n) is 2.00. The van der Waals surface area contributed by atoms with Crippen LogP contribution in [0.4, 0.5) is 0 Å². The third kappa shape index (κ3) is 3.76. The lowest BCUT2D eigenvalue weighted by Gasteiger charge is -2.19. The minimum absolute atomic E-state index is 0.374. The molecule has 6 nitrogen and oxygen atoms in total. The second kappa shape index (κ2) is 7.57. The minimum Gasteiger partial charge on any atom is -0.282 e. The molecule has 0 atom stereocenters. The summed E-state index contributed by atoms with van der Waals surface area (Å²) in [6.45, 7) is 1.47. The second-order valence-electron chi connectivity index (χ2n) is 4.56. The number of rotatable bonds is 6. The summed E-state index contributed by atoms with van der Waals surface area (Å²) in [6, 6.07) is 5.79. The fourth-order valence-corrected chi connectivity index (χ4v) is 2.74. The van der Waals surface area contributed by atoms with Crippen LogP contribution >= 0.6 is 35.4 Å². The zero-order chi connectivity index (χ0) is 16.1. The first-order valence-electron chi connectivity index (χ1n) is 6.47. The first kappa shape index (κ1) is 16.7. The van der Waals surface area contributed by atoms with Crippen LogP contribution in [0.25, 0.3) is 5.65 Å². The third-order valence-electron chi connectivity index (χ3n) is 3.01. The maximum atomic E-state index is 8.72. The highest BCUT2D eigenvalue weighted by Gasteiger charge is 2.12. The van der Waals surface area contributed by atoms with Gasteiger partial charge in [-0.25, -0.2) is 4.68 Å². The van der Waals surface area contributed by atoms with Gasteiger partial charge in [-0.05, 0) is 18.3 Å². The van der Waals surface area contributed by atoms with Crippen molar-refractivity contribution in [2.75, 3.05) is 13.1 Å². The Labute approximate surface area is 142 Å². The van der Waals surface area contributed by atoms with Crippen molar-refractivity contribution in [3.63, 3.8) is 0 Å². The van der Waals surface area contributed by atoms with E-state index >= 15 is 0 Å². The standard InChI is InChI=1S/C13H12Cl2N6S/c14-10-7-11(15)12-18-21(13(22)20(12)8-10)9-19(5-1-3-16)6-2-4-17/h7-8H,1-2,5-6,9H2. The molecule has 0 bridgehead atoms. The number of nitrogens with zero attached hydrogens (tertiary/aromatic N) is 6. The quantitative estimate of drug-likeness (QED) is 0.744. The van der Waals surface area contributed by atoms with Crippen LogP contribution in [0.3, 0.4) is 0 Å². The molecule has 0 aliphatic carbocycles. The van der Waals surface area contributed by atoms with Crippen LogP contribution in [-0.4, -0.2) is 32.2 Å². The van der Waals surface area contributed by atoms with E-state index in [1.807, 2.05) is 4.90 Å². The summed E-state index contributed by atoms with van der Waals surface area (Å²) in [4.78, 5) is 1.95. The van der Waals surface area contributed by atoms with E-state index in [9.17, 15) is 0 Å². The lowest BCUT2D eigenvalue weighted by atomic mass is 10.3. The van der Waals surface area contributed by atoms with E-state index in [1.54, 1.807) is 21.3 Å². The highest BCUT2D eigenvalue weighted by Crippen LogP contribution is 2.21. The molecule has 0 aromatic carbocycles. The van der Waals surface area contributed by atoms with Crippen LogP contribution in [0.15, 0.2) is 12.3 Å². The molecule has 0 spiro atoms. The number of halogens is 2. The molecule has 0 radical (unpaired) electrons. The van der Waals surface area contributed by atoms with E-state index in [-0.39, 0.29) is 0 Å². The van der Waals surface area contributed by atoms with Crippen molar-refractivity contribution < 1.29 is 0 Å². The van der Waals surface area contributed by atoms with Gasteiger partial charge in [-0.1, -0.05) is 23.2 Å². The largest absolute Gasteiger partial charge is 0.282 e. The Hall–Kier alpha value is -1.64. The first-order valence-corrected chi connectivity index (χ1v) is 7.63. The fraction of sp³-hybridized carbons (Fsp3) is 0.385. The van der Waals surface area contributed by atoms with Crippen LogP contribution in [0.5, 0.6) is 0 Å². The number of hydrogen-bond donors (Lipinski definition) is 0. The third-order valence-corrected chi connectivity index (χ3v) is 3.91. The molecule has 2 rings (SSSR count). The van der Waals surface area contributed by atoms with Gasteiger partial charge in [-0.15, -0.1) is 5.10 Å². The molecule has 0 saturated carbocycles. The lowest BCUT2D eigenvalue weighted by Crippen LogP contribution is -2.29. The van der Waals surface area contributed by atoms with E-state index in [4.69, 9.17) is 45.9 Å². The van der Waals surface area contributed by atoms with Crippen molar-refractivity contribution in [1.82, 2.24) is 19.1 Å². The van der Waals surface area contributed by atoms with Crippen molar-refractivity contribution in [3.05, 3.63) is 27.1 Å². The van der Waals surface area contributed by atoms with Crippen LogP contribution in [-0.2, 0) is 6.67 Å². The summed E-state index contributed by atoms with van der Waals surface area (Å²) >= 11 is 17.5. The van der Waals surface area contributed by atoms with Crippen LogP contribution in [0.1, 0.15) is 12.8 Å². The van der Waals surface area contributed by atoms with Crippen molar-refractivity contribution >= 4 is 41.1 Å². The normalized spacial score (nSPS) is 10.8. The topological polar surface area (TPSA) is 73.0 Å². The molecule has 0 aliphatic heterocycles. The zero-order valence-electron chi connectivity index (χ0n) is 11.5. The maximum Gasteiger partial charge on any atom is 0.203 e. The Bertz CT molecular complexity index is 795. The van der Waals surface area contributed by atoms with E-state index < -0.39 is 0 Å². The van der Waals surface area contributed by atoms with Gasteiger partial charge in [0.15, 0.2) is 5.65 Å². The number of pyridine rings is 1. The molecule has 0 N–H and O–H groups in total. The van der Waals surface area contributed by atoms with Crippen molar-refractivity contribution in [2.24, 2.45) is 0 Å². The number of fused-ring (bicyclic) bond motifs is 1. The van der Waals surface area contributed by atoms with Gasteiger partial charge >= 0.3 is 0 Å². The number of nitriles is 2. The molecule has 0 fully saturated rings. The Balaban J connectivity index is 2.31. The molecular weight excluding hydrogens is 343 g/mol. The Morgan fingerprint density at radius 2 is 1.86 bits per heavy atom. The molecule has 0 saturated heterocycles. The molecule has 0 amide bonds. The predicted molar refractivity (Wildman–Crippen MR) is 86.1 cm³/mol. The summed E-state index contributed by atoms with van der Waals surface area (Å²) in [5.41, 5.74) is 0.525. The number of aromatic nitrogens is 3. The number of hydrogen-bond acceptors (Lipinski definition) is 5. The summed E-state index contributed by atoms with van der Waals surface area (Å²) < 4.78 is 3.72. The first-order chi connectivity index (χ1) is 10.6. The second-order valence-corrected chi connectivity index (χ2v) is 5.77. The summed E-state index contributed by atoms with van der Waals surface area (Å²) in [6.07, 6.45) is 2.40. The van der Waals surface area contributed by atoms with Gasteiger partial charge in [0.25, 0.3) is 0 Å². The summed E-state index contributed by atoms with van der Waals surface area (Å²) in [7, 11) is 0. The van der Waals surface area contributed by atoms with E-state index in [0.29, 0.717) is 53.1 Å². The average molecular weight is 355 g/mol. The summed E-state index contributed by atoms with van der Waals surface area (Å²) in [5.74, 6) is 0. The monoisotopic (exact) mass is 354 g/mol. The molecular formula is C13H12Cl2N6S. The van der Waals surface area contributed by atoms with Crippen molar-refractivity contribution in [1.29, 1.82) is 10.5 Å². The van der Waals surface area contributed by atoms with E-state index in [2.05, 4.69) is 17.2 Å². The van der Waals surface area contributed by atoms with Gasteiger partial charge < -0.3 is 0 Å². The SMILES string of the molecule is N#CCCN(CCC#N)Cn1nc2c(Cl)cc(Cl)cn2c1=S. The van der Waals surface area contributed by atoms with Crippen LogP contribution in [0.2, 0.25) is 10.0 Å². The lowest BCUT2D eigenvalue weighted by molar-refractivity contribution is 0.214. The van der Waals surface area contributed by atoms with Gasteiger partial charge in [0, 0.05) is 32.1 Å². The molecule has 9 heteroatoms. The van der Waals surface area contributed by atoms with Gasteiger partial charge in [0.1, 0.15) is 0 Å². The van der Waals surface area contributed by atoms with Gasteiger partial charge in [0.05, 0.1) is 28.9 Å². The van der Waals surface area contributed by atoms with E-state index in [1.165, 1.54) is 0 Å². The predicted octanol–water partition coefficient (Wildman–Crippen LogP) is 3.26. The molecule has 114 valence electrons. The summed E-state index contributed by atoms with van der Waals surface area (Å²) in [5, 5.41) is 22.7. The van der Waals surface area contributed by atoms with Gasteiger partial charge in [0.2, 0.25) is 4.77 Å². The molecule has 0 unspecified atom stereocenters. The highest BCUT2D eigenvalue weighted by molar-refractivity contribution is 7.71.